The molecule has 1 aliphatic rings. The van der Waals surface area contributed by atoms with Gasteiger partial charge in [-0.3, -0.25) is 0 Å². The predicted octanol–water partition coefficient (Wildman–Crippen LogP) is -0.0266. The van der Waals surface area contributed by atoms with Crippen molar-refractivity contribution in [2.24, 2.45) is 11.5 Å². The minimum atomic E-state index is -1.75. The molecule has 0 aromatic heterocycles. The molecule has 0 aromatic rings. The van der Waals surface area contributed by atoms with Crippen LogP contribution < -0.4 is 11.5 Å². The number of hydrogen-bond donors (Lipinski definition) is 2. The molecular formula is C6H14N3O3Pt+. The zero-order valence-electron chi connectivity index (χ0n) is 7.13. The summed E-state index contributed by atoms with van der Waals surface area (Å²) in [4.78, 5) is 8.25. The van der Waals surface area contributed by atoms with Gasteiger partial charge >= 0.3 is 21.1 Å². The zero-order chi connectivity index (χ0) is 9.56. The summed E-state index contributed by atoms with van der Waals surface area (Å²) in [6.07, 6.45) is 4.80. The first-order valence-corrected chi connectivity index (χ1v) is 3.86. The molecule has 0 bridgehead atoms. The predicted molar refractivity (Wildman–Crippen MR) is 44.8 cm³/mol. The van der Waals surface area contributed by atoms with Crippen LogP contribution in [0.3, 0.4) is 0 Å². The first kappa shape index (κ1) is 15.3. The van der Waals surface area contributed by atoms with E-state index in [1.54, 1.807) is 0 Å². The topological polar surface area (TPSA) is 118 Å². The van der Waals surface area contributed by atoms with Gasteiger partial charge in [-0.15, -0.1) is 0 Å². The van der Waals surface area contributed by atoms with Gasteiger partial charge < -0.3 is 26.8 Å². The first-order valence-electron chi connectivity index (χ1n) is 3.86. The summed E-state index contributed by atoms with van der Waals surface area (Å²) in [5, 5.41) is 14.8. The summed E-state index contributed by atoms with van der Waals surface area (Å²) in [6, 6.07) is 0.562. The maximum absolute atomic E-state index is 8.25. The molecule has 0 aliphatic heterocycles. The van der Waals surface area contributed by atoms with E-state index in [1.807, 2.05) is 0 Å². The van der Waals surface area contributed by atoms with Gasteiger partial charge in [-0.25, -0.2) is 0 Å². The van der Waals surface area contributed by atoms with Gasteiger partial charge in [0.05, 0.1) is 5.09 Å². The van der Waals surface area contributed by atoms with Crippen molar-refractivity contribution in [1.29, 1.82) is 0 Å². The van der Waals surface area contributed by atoms with E-state index >= 15 is 0 Å². The van der Waals surface area contributed by atoms with Crippen LogP contribution >= 0.6 is 0 Å². The van der Waals surface area contributed by atoms with Crippen LogP contribution in [0.25, 0.3) is 0 Å². The van der Waals surface area contributed by atoms with Crippen LogP contribution in [-0.2, 0) is 21.1 Å². The van der Waals surface area contributed by atoms with Crippen LogP contribution in [0.2, 0.25) is 0 Å². The summed E-state index contributed by atoms with van der Waals surface area (Å²) in [6.45, 7) is 0. The number of nitrogens with two attached hydrogens (primary N) is 2. The van der Waals surface area contributed by atoms with Crippen LogP contribution in [0.1, 0.15) is 25.7 Å². The van der Waals surface area contributed by atoms with Crippen LogP contribution in [0.4, 0.5) is 0 Å². The molecule has 0 heterocycles. The summed E-state index contributed by atoms with van der Waals surface area (Å²) in [7, 11) is 0. The third kappa shape index (κ3) is 9.72. The van der Waals surface area contributed by atoms with Gasteiger partial charge in [0, 0.05) is 12.1 Å². The van der Waals surface area contributed by atoms with Crippen LogP contribution in [0.15, 0.2) is 0 Å². The van der Waals surface area contributed by atoms with Gasteiger partial charge in [-0.1, -0.05) is 12.8 Å². The minimum absolute atomic E-state index is 0. The average molecular weight is 371 g/mol. The Balaban J connectivity index is 0. The van der Waals surface area contributed by atoms with Crippen molar-refractivity contribution < 1.29 is 26.2 Å². The molecule has 2 unspecified atom stereocenters. The van der Waals surface area contributed by atoms with Crippen LogP contribution in [0.5, 0.6) is 0 Å². The van der Waals surface area contributed by atoms with Crippen LogP contribution in [0, 0.1) is 15.3 Å². The molecule has 0 amide bonds. The second-order valence-corrected chi connectivity index (χ2v) is 2.84. The molecule has 2 atom stereocenters. The van der Waals surface area contributed by atoms with E-state index in [0.717, 1.165) is 12.8 Å². The van der Waals surface area contributed by atoms with E-state index in [9.17, 15) is 0 Å². The molecule has 4 N–H and O–H groups in total. The van der Waals surface area contributed by atoms with Crippen molar-refractivity contribution in [2.75, 3.05) is 0 Å². The van der Waals surface area contributed by atoms with Gasteiger partial charge in [-0.05, 0) is 12.8 Å². The van der Waals surface area contributed by atoms with Crippen molar-refractivity contribution in [3.05, 3.63) is 15.3 Å². The van der Waals surface area contributed by atoms with E-state index in [2.05, 4.69) is 0 Å². The van der Waals surface area contributed by atoms with Crippen LogP contribution in [-0.4, -0.2) is 17.2 Å². The second kappa shape index (κ2) is 8.41. The number of hydrogen-bond acceptors (Lipinski definition) is 5. The minimum Gasteiger partial charge on any atom is -0.356 e. The van der Waals surface area contributed by atoms with Crippen molar-refractivity contribution in [3.63, 3.8) is 0 Å². The molecule has 7 heteroatoms. The van der Waals surface area contributed by atoms with E-state index in [1.165, 1.54) is 12.8 Å². The average Bonchev–Trinajstić information content (AvgIpc) is 1.94. The molecule has 0 radical (unpaired) electrons. The molecule has 80 valence electrons. The van der Waals surface area contributed by atoms with Gasteiger partial charge in [0.25, 0.3) is 0 Å². The van der Waals surface area contributed by atoms with E-state index in [0.29, 0.717) is 0 Å². The molecule has 0 spiro atoms. The Labute approximate surface area is 91.0 Å². The normalized spacial score (nSPS) is 26.3. The third-order valence-electron chi connectivity index (χ3n) is 1.87. The number of rotatable bonds is 0. The van der Waals surface area contributed by atoms with Gasteiger partial charge in [0.1, 0.15) is 0 Å². The van der Waals surface area contributed by atoms with E-state index < -0.39 is 5.09 Å². The summed E-state index contributed by atoms with van der Waals surface area (Å²) < 4.78 is 0. The fraction of sp³-hybridized carbons (Fsp3) is 1.00. The molecule has 1 rings (SSSR count). The van der Waals surface area contributed by atoms with Gasteiger partial charge in [-0.2, -0.15) is 0 Å². The maximum atomic E-state index is 8.25. The fourth-order valence-electron chi connectivity index (χ4n) is 1.19. The van der Waals surface area contributed by atoms with Crippen molar-refractivity contribution in [2.45, 2.75) is 37.8 Å². The second-order valence-electron chi connectivity index (χ2n) is 2.84. The standard InChI is InChI=1S/C6H14N2.NO3.Pt/c7-5-3-1-2-4-6(5)8;2-1(3)4;/h5-6H,1-4,7-8H2;;/q;-1;+2. The Hall–Kier alpha value is -0.192. The molecule has 13 heavy (non-hydrogen) atoms. The summed E-state index contributed by atoms with van der Waals surface area (Å²) in [5.74, 6) is 0. The van der Waals surface area contributed by atoms with Crippen molar-refractivity contribution >= 4 is 0 Å². The zero-order valence-corrected chi connectivity index (χ0v) is 9.40. The van der Waals surface area contributed by atoms with Gasteiger partial charge in [0.15, 0.2) is 0 Å². The van der Waals surface area contributed by atoms with Crippen molar-refractivity contribution in [3.8, 4) is 0 Å². The van der Waals surface area contributed by atoms with E-state index in [-0.39, 0.29) is 33.1 Å². The molecular weight excluding hydrogens is 357 g/mol. The summed E-state index contributed by atoms with van der Waals surface area (Å²) >= 11 is 0. The molecule has 0 saturated heterocycles. The molecule has 0 aromatic carbocycles. The van der Waals surface area contributed by atoms with E-state index in [4.69, 9.17) is 26.8 Å². The van der Waals surface area contributed by atoms with Crippen molar-refractivity contribution in [1.82, 2.24) is 0 Å². The quantitative estimate of drug-likeness (QED) is 0.458. The van der Waals surface area contributed by atoms with Gasteiger partial charge in [0.2, 0.25) is 0 Å². The molecule has 1 saturated carbocycles. The molecule has 6 nitrogen and oxygen atoms in total. The molecule has 1 aliphatic carbocycles. The SMILES string of the molecule is NC1CCCCC1N.O=[N+]([O-])[O-].[Pt+2]. The third-order valence-corrected chi connectivity index (χ3v) is 1.87. The number of nitrogens with zero attached hydrogens (tertiary/aromatic N) is 1. The Bertz CT molecular complexity index is 133. The summed E-state index contributed by atoms with van der Waals surface area (Å²) in [5.41, 5.74) is 11.3. The first-order chi connectivity index (χ1) is 5.54. The Kier molecular flexibility index (Phi) is 9.89. The molecule has 1 fully saturated rings. The monoisotopic (exact) mass is 371 g/mol. The Morgan fingerprint density at radius 1 is 1.08 bits per heavy atom. The fourth-order valence-corrected chi connectivity index (χ4v) is 1.19. The smallest absolute Gasteiger partial charge is 0.356 e. The maximum Gasteiger partial charge on any atom is 2.00 e. The Morgan fingerprint density at radius 3 is 1.46 bits per heavy atom. The Morgan fingerprint density at radius 2 is 1.31 bits per heavy atom. The largest absolute Gasteiger partial charge is 2.00 e.